The van der Waals surface area contributed by atoms with Gasteiger partial charge in [0.15, 0.2) is 0 Å². The lowest BCUT2D eigenvalue weighted by molar-refractivity contribution is -0.385. The molecule has 1 aliphatic rings. The SMILES string of the molecule is CCOC(=O)C1=C(C)N(N)C(O)(C(=O)OC)C1c1ccccc1[N+](=O)[O-]. The molecule has 0 saturated carbocycles. The molecule has 3 N–H and O–H groups in total. The molecule has 0 bridgehead atoms. The number of methoxy groups -OCH3 is 1. The van der Waals surface area contributed by atoms with E-state index in [4.69, 9.17) is 10.6 Å². The molecule has 0 radical (unpaired) electrons. The number of nitro benzene ring substituents is 1. The van der Waals surface area contributed by atoms with Gasteiger partial charge in [-0.1, -0.05) is 18.2 Å². The topological polar surface area (TPSA) is 145 Å². The summed E-state index contributed by atoms with van der Waals surface area (Å²) in [7, 11) is 1.03. The summed E-state index contributed by atoms with van der Waals surface area (Å²) in [5, 5.41) is 23.2. The number of hydrazine groups is 1. The van der Waals surface area contributed by atoms with E-state index in [0.29, 0.717) is 5.01 Å². The van der Waals surface area contributed by atoms with Gasteiger partial charge in [0, 0.05) is 17.3 Å². The summed E-state index contributed by atoms with van der Waals surface area (Å²) in [5.41, 5.74) is -3.12. The van der Waals surface area contributed by atoms with Crippen LogP contribution in [0, 0.1) is 10.1 Å². The fourth-order valence-corrected chi connectivity index (χ4v) is 3.05. The third kappa shape index (κ3) is 2.78. The van der Waals surface area contributed by atoms with Gasteiger partial charge in [-0.25, -0.2) is 15.4 Å². The molecule has 0 aliphatic carbocycles. The minimum absolute atomic E-state index is 0.0282. The second kappa shape index (κ2) is 7.10. The summed E-state index contributed by atoms with van der Waals surface area (Å²) in [6.07, 6.45) is 0. The highest BCUT2D eigenvalue weighted by atomic mass is 16.6. The van der Waals surface area contributed by atoms with Crippen LogP contribution in [-0.4, -0.2) is 46.4 Å². The van der Waals surface area contributed by atoms with Gasteiger partial charge in [0.25, 0.3) is 11.4 Å². The second-order valence-corrected chi connectivity index (χ2v) is 5.56. The molecule has 0 aromatic heterocycles. The number of para-hydroxylation sites is 1. The predicted molar refractivity (Wildman–Crippen MR) is 88.2 cm³/mol. The molecule has 10 heteroatoms. The fourth-order valence-electron chi connectivity index (χ4n) is 3.05. The summed E-state index contributed by atoms with van der Waals surface area (Å²) >= 11 is 0. The van der Waals surface area contributed by atoms with Crippen LogP contribution in [0.3, 0.4) is 0 Å². The summed E-state index contributed by atoms with van der Waals surface area (Å²) in [5.74, 6) is 2.38. The molecule has 0 amide bonds. The number of rotatable bonds is 5. The molecule has 2 rings (SSSR count). The molecule has 0 saturated heterocycles. The van der Waals surface area contributed by atoms with E-state index in [1.807, 2.05) is 0 Å². The van der Waals surface area contributed by atoms with Crippen molar-refractivity contribution in [3.63, 3.8) is 0 Å². The van der Waals surface area contributed by atoms with Crippen molar-refractivity contribution in [1.82, 2.24) is 5.01 Å². The largest absolute Gasteiger partial charge is 0.465 e. The van der Waals surface area contributed by atoms with E-state index in [0.717, 1.165) is 7.11 Å². The molecule has 1 aliphatic heterocycles. The quantitative estimate of drug-likeness (QED) is 0.331. The summed E-state index contributed by atoms with van der Waals surface area (Å²) < 4.78 is 9.63. The zero-order valence-electron chi connectivity index (χ0n) is 14.5. The standard InChI is InChI=1S/C16H19N3O7/c1-4-26-14(20)12-9(2)18(17)16(22,15(21)25-3)13(12)10-7-5-6-8-11(10)19(23)24/h5-8,13,22H,4,17H2,1-3H3. The number of aliphatic hydroxyl groups is 1. The highest BCUT2D eigenvalue weighted by molar-refractivity contribution is 5.96. The molecular formula is C16H19N3O7. The molecule has 140 valence electrons. The summed E-state index contributed by atoms with van der Waals surface area (Å²) in [6, 6.07) is 5.44. The van der Waals surface area contributed by atoms with E-state index in [1.165, 1.54) is 31.2 Å². The fraction of sp³-hybridized carbons (Fsp3) is 0.375. The Kier molecular flexibility index (Phi) is 5.28. The van der Waals surface area contributed by atoms with Gasteiger partial charge in [-0.3, -0.25) is 15.1 Å². The first kappa shape index (κ1) is 19.3. The minimum Gasteiger partial charge on any atom is -0.465 e. The van der Waals surface area contributed by atoms with Gasteiger partial charge in [-0.15, -0.1) is 0 Å². The van der Waals surface area contributed by atoms with Gasteiger partial charge >= 0.3 is 11.9 Å². The first-order valence-corrected chi connectivity index (χ1v) is 7.68. The maximum absolute atomic E-state index is 12.5. The number of esters is 2. The van der Waals surface area contributed by atoms with Crippen LogP contribution in [0.4, 0.5) is 5.69 Å². The molecule has 0 fully saturated rings. The van der Waals surface area contributed by atoms with Crippen molar-refractivity contribution < 1.29 is 29.1 Å². The van der Waals surface area contributed by atoms with Crippen LogP contribution >= 0.6 is 0 Å². The Labute approximate surface area is 148 Å². The molecule has 1 aromatic carbocycles. The molecule has 2 atom stereocenters. The van der Waals surface area contributed by atoms with E-state index in [-0.39, 0.29) is 29.1 Å². The minimum atomic E-state index is -2.55. The van der Waals surface area contributed by atoms with Gasteiger partial charge < -0.3 is 14.6 Å². The van der Waals surface area contributed by atoms with Gasteiger partial charge in [-0.05, 0) is 13.8 Å². The zero-order valence-corrected chi connectivity index (χ0v) is 14.5. The molecule has 10 nitrogen and oxygen atoms in total. The number of carbonyl (C=O) groups excluding carboxylic acids is 2. The molecule has 26 heavy (non-hydrogen) atoms. The Hall–Kier alpha value is -2.98. The van der Waals surface area contributed by atoms with Crippen molar-refractivity contribution in [3.05, 3.63) is 51.2 Å². The van der Waals surface area contributed by atoms with Gasteiger partial charge in [0.2, 0.25) is 0 Å². The number of hydrogen-bond donors (Lipinski definition) is 2. The molecule has 1 aromatic rings. The zero-order chi connectivity index (χ0) is 19.6. The van der Waals surface area contributed by atoms with Crippen molar-refractivity contribution in [2.24, 2.45) is 5.84 Å². The van der Waals surface area contributed by atoms with Crippen LogP contribution in [0.1, 0.15) is 25.3 Å². The molecular weight excluding hydrogens is 346 g/mol. The van der Waals surface area contributed by atoms with Gasteiger partial charge in [0.1, 0.15) is 0 Å². The number of hydrogen-bond acceptors (Lipinski definition) is 9. The maximum atomic E-state index is 12.5. The number of allylic oxidation sites excluding steroid dienone is 1. The first-order chi connectivity index (χ1) is 12.2. The lowest BCUT2D eigenvalue weighted by atomic mass is 9.83. The Morgan fingerprint density at radius 3 is 2.58 bits per heavy atom. The van der Waals surface area contributed by atoms with Crippen LogP contribution in [0.15, 0.2) is 35.5 Å². The first-order valence-electron chi connectivity index (χ1n) is 7.68. The number of carbonyl (C=O) groups is 2. The lowest BCUT2D eigenvalue weighted by Crippen LogP contribution is -2.58. The third-order valence-electron chi connectivity index (χ3n) is 4.24. The Balaban J connectivity index is 2.79. The maximum Gasteiger partial charge on any atom is 0.361 e. The number of benzene rings is 1. The van der Waals surface area contributed by atoms with Gasteiger partial charge in [-0.2, -0.15) is 0 Å². The number of ether oxygens (including phenoxy) is 2. The molecule has 1 heterocycles. The van der Waals surface area contributed by atoms with Gasteiger partial charge in [0.05, 0.1) is 30.1 Å². The van der Waals surface area contributed by atoms with Crippen molar-refractivity contribution in [2.45, 2.75) is 25.5 Å². The predicted octanol–water partition coefficient (Wildman–Crippen LogP) is 0.566. The van der Waals surface area contributed by atoms with E-state index < -0.39 is 28.5 Å². The Morgan fingerprint density at radius 1 is 1.42 bits per heavy atom. The Morgan fingerprint density at radius 2 is 2.04 bits per heavy atom. The van der Waals surface area contributed by atoms with E-state index in [2.05, 4.69) is 4.74 Å². The summed E-state index contributed by atoms with van der Waals surface area (Å²) in [4.78, 5) is 35.6. The van der Waals surface area contributed by atoms with Crippen LogP contribution < -0.4 is 5.84 Å². The van der Waals surface area contributed by atoms with Crippen molar-refractivity contribution >= 4 is 17.6 Å². The van der Waals surface area contributed by atoms with Crippen molar-refractivity contribution in [3.8, 4) is 0 Å². The average Bonchev–Trinajstić information content (AvgIpc) is 2.83. The van der Waals surface area contributed by atoms with Crippen LogP contribution in [0.2, 0.25) is 0 Å². The van der Waals surface area contributed by atoms with Crippen molar-refractivity contribution in [1.29, 1.82) is 0 Å². The normalized spacial score (nSPS) is 22.3. The lowest BCUT2D eigenvalue weighted by Gasteiger charge is -2.34. The van der Waals surface area contributed by atoms with Crippen LogP contribution in [0.25, 0.3) is 0 Å². The number of nitrogens with two attached hydrogens (primary N) is 1. The summed E-state index contributed by atoms with van der Waals surface area (Å²) in [6.45, 7) is 3.00. The highest BCUT2D eigenvalue weighted by Gasteiger charge is 2.60. The third-order valence-corrected chi connectivity index (χ3v) is 4.24. The van der Waals surface area contributed by atoms with Crippen LogP contribution in [-0.2, 0) is 19.1 Å². The van der Waals surface area contributed by atoms with E-state index in [9.17, 15) is 24.8 Å². The number of nitrogens with zero attached hydrogens (tertiary/aromatic N) is 2. The average molecular weight is 365 g/mol. The smallest absolute Gasteiger partial charge is 0.361 e. The van der Waals surface area contributed by atoms with Crippen LogP contribution in [0.5, 0.6) is 0 Å². The van der Waals surface area contributed by atoms with E-state index >= 15 is 0 Å². The molecule has 0 spiro atoms. The monoisotopic (exact) mass is 365 g/mol. The highest BCUT2D eigenvalue weighted by Crippen LogP contribution is 2.48. The Bertz CT molecular complexity index is 792. The second-order valence-electron chi connectivity index (χ2n) is 5.56. The van der Waals surface area contributed by atoms with E-state index in [1.54, 1.807) is 6.92 Å². The number of nitro groups is 1. The van der Waals surface area contributed by atoms with Crippen molar-refractivity contribution in [2.75, 3.05) is 13.7 Å². The molecule has 2 unspecified atom stereocenters.